The van der Waals surface area contributed by atoms with E-state index in [9.17, 15) is 0 Å². The third-order valence-corrected chi connectivity index (χ3v) is 4.43. The highest BCUT2D eigenvalue weighted by Crippen LogP contribution is 2.30. The summed E-state index contributed by atoms with van der Waals surface area (Å²) >= 11 is 0. The van der Waals surface area contributed by atoms with Crippen LogP contribution in [0.5, 0.6) is 0 Å². The molecular weight excluding hydrogens is 234 g/mol. The van der Waals surface area contributed by atoms with Crippen molar-refractivity contribution < 1.29 is 0 Å². The summed E-state index contributed by atoms with van der Waals surface area (Å²) in [5.74, 6) is 2.75. The lowest BCUT2D eigenvalue weighted by atomic mass is 9.88. The number of hydrogen-bond acceptors (Lipinski definition) is 3. The maximum Gasteiger partial charge on any atom is 0.133 e. The fourth-order valence-electron chi connectivity index (χ4n) is 2.88. The zero-order valence-electron chi connectivity index (χ0n) is 12.7. The van der Waals surface area contributed by atoms with E-state index in [1.165, 1.54) is 17.8 Å². The molecule has 1 aromatic heterocycles. The van der Waals surface area contributed by atoms with E-state index in [2.05, 4.69) is 49.0 Å². The average Bonchev–Trinajstić information content (AvgIpc) is 2.42. The molecule has 0 spiro atoms. The number of nitrogens with one attached hydrogen (secondary N) is 1. The first-order valence-corrected chi connectivity index (χ1v) is 7.56. The van der Waals surface area contributed by atoms with Crippen LogP contribution in [0.3, 0.4) is 0 Å². The molecule has 3 nitrogen and oxygen atoms in total. The molecule has 2 heterocycles. The van der Waals surface area contributed by atoms with Crippen molar-refractivity contribution in [2.24, 2.45) is 11.8 Å². The minimum absolute atomic E-state index is 0.364. The van der Waals surface area contributed by atoms with Gasteiger partial charge in [-0.3, -0.25) is 0 Å². The van der Waals surface area contributed by atoms with Gasteiger partial charge in [0.05, 0.1) is 0 Å². The van der Waals surface area contributed by atoms with Gasteiger partial charge in [-0.25, -0.2) is 4.98 Å². The number of rotatable bonds is 4. The molecule has 1 saturated heterocycles. The van der Waals surface area contributed by atoms with Crippen LogP contribution < -0.4 is 10.2 Å². The number of nitrogens with zero attached hydrogens (tertiary/aromatic N) is 2. The summed E-state index contributed by atoms with van der Waals surface area (Å²) < 4.78 is 0. The molecule has 3 heteroatoms. The zero-order valence-corrected chi connectivity index (χ0v) is 12.7. The van der Waals surface area contributed by atoms with Gasteiger partial charge in [-0.1, -0.05) is 26.8 Å². The maximum atomic E-state index is 4.65. The van der Waals surface area contributed by atoms with E-state index in [4.69, 9.17) is 0 Å². The van der Waals surface area contributed by atoms with E-state index in [0.29, 0.717) is 6.04 Å². The van der Waals surface area contributed by atoms with Crippen LogP contribution in [0.2, 0.25) is 0 Å². The summed E-state index contributed by atoms with van der Waals surface area (Å²) in [6, 6.07) is 4.62. The summed E-state index contributed by atoms with van der Waals surface area (Å²) in [6.07, 6.45) is 3.19. The first kappa shape index (κ1) is 14.3. The lowest BCUT2D eigenvalue weighted by Crippen LogP contribution is -2.39. The van der Waals surface area contributed by atoms with Crippen molar-refractivity contribution in [1.29, 1.82) is 0 Å². The van der Waals surface area contributed by atoms with Crippen LogP contribution >= 0.6 is 0 Å². The second kappa shape index (κ2) is 6.38. The predicted molar refractivity (Wildman–Crippen MR) is 81.5 cm³/mol. The molecule has 0 radical (unpaired) electrons. The fourth-order valence-corrected chi connectivity index (χ4v) is 2.88. The molecule has 0 saturated carbocycles. The average molecular weight is 261 g/mol. The zero-order chi connectivity index (χ0) is 13.8. The number of pyridine rings is 1. The Hall–Kier alpha value is -1.09. The molecule has 0 aromatic carbocycles. The van der Waals surface area contributed by atoms with Gasteiger partial charge in [0.2, 0.25) is 0 Å². The SMILES string of the molecule is CCNC(C)c1cccnc1N1CCC(C)C(C)C1. The van der Waals surface area contributed by atoms with Gasteiger partial charge < -0.3 is 10.2 Å². The fraction of sp³-hybridized carbons (Fsp3) is 0.688. The van der Waals surface area contributed by atoms with Gasteiger partial charge in [0, 0.05) is 30.9 Å². The van der Waals surface area contributed by atoms with E-state index < -0.39 is 0 Å². The Bertz CT molecular complexity index is 405. The van der Waals surface area contributed by atoms with Crippen LogP contribution in [-0.4, -0.2) is 24.6 Å². The van der Waals surface area contributed by atoms with Crippen LogP contribution in [0.15, 0.2) is 18.3 Å². The molecule has 0 aliphatic carbocycles. The Kier molecular flexibility index (Phi) is 4.81. The van der Waals surface area contributed by atoms with E-state index in [1.54, 1.807) is 0 Å². The summed E-state index contributed by atoms with van der Waals surface area (Å²) in [4.78, 5) is 7.12. The maximum absolute atomic E-state index is 4.65. The van der Waals surface area contributed by atoms with Crippen LogP contribution in [0.4, 0.5) is 5.82 Å². The predicted octanol–water partition coefficient (Wildman–Crippen LogP) is 3.23. The van der Waals surface area contributed by atoms with Crippen molar-refractivity contribution in [3.63, 3.8) is 0 Å². The minimum Gasteiger partial charge on any atom is -0.356 e. The third kappa shape index (κ3) is 3.27. The van der Waals surface area contributed by atoms with Gasteiger partial charge in [-0.2, -0.15) is 0 Å². The van der Waals surface area contributed by atoms with Gasteiger partial charge in [-0.05, 0) is 37.8 Å². The molecule has 0 bridgehead atoms. The normalized spacial score (nSPS) is 25.4. The van der Waals surface area contributed by atoms with Crippen molar-refractivity contribution in [2.45, 2.75) is 40.2 Å². The number of aromatic nitrogens is 1. The molecule has 19 heavy (non-hydrogen) atoms. The Balaban J connectivity index is 2.20. The van der Waals surface area contributed by atoms with Crippen molar-refractivity contribution in [1.82, 2.24) is 10.3 Å². The summed E-state index contributed by atoms with van der Waals surface area (Å²) in [7, 11) is 0. The summed E-state index contributed by atoms with van der Waals surface area (Å²) in [6.45, 7) is 12.3. The molecular formula is C16H27N3. The first-order valence-electron chi connectivity index (χ1n) is 7.56. The topological polar surface area (TPSA) is 28.2 Å². The quantitative estimate of drug-likeness (QED) is 0.902. The second-order valence-electron chi connectivity index (χ2n) is 5.88. The van der Waals surface area contributed by atoms with Gasteiger partial charge in [0.1, 0.15) is 5.82 Å². The Labute approximate surface area is 117 Å². The monoisotopic (exact) mass is 261 g/mol. The molecule has 0 amide bonds. The van der Waals surface area contributed by atoms with E-state index >= 15 is 0 Å². The van der Waals surface area contributed by atoms with Gasteiger partial charge in [0.25, 0.3) is 0 Å². The van der Waals surface area contributed by atoms with Crippen molar-refractivity contribution in [3.8, 4) is 0 Å². The molecule has 1 fully saturated rings. The molecule has 3 atom stereocenters. The molecule has 2 rings (SSSR count). The second-order valence-corrected chi connectivity index (χ2v) is 5.88. The molecule has 1 aliphatic heterocycles. The number of hydrogen-bond donors (Lipinski definition) is 1. The Morgan fingerprint density at radius 3 is 2.89 bits per heavy atom. The molecule has 3 unspecified atom stereocenters. The summed E-state index contributed by atoms with van der Waals surface area (Å²) in [5.41, 5.74) is 1.33. The molecule has 106 valence electrons. The third-order valence-electron chi connectivity index (χ3n) is 4.43. The minimum atomic E-state index is 0.364. The lowest BCUT2D eigenvalue weighted by Gasteiger charge is -2.37. The van der Waals surface area contributed by atoms with Gasteiger partial charge in [-0.15, -0.1) is 0 Å². The smallest absolute Gasteiger partial charge is 0.133 e. The van der Waals surface area contributed by atoms with Gasteiger partial charge >= 0.3 is 0 Å². The Morgan fingerprint density at radius 2 is 2.21 bits per heavy atom. The van der Waals surface area contributed by atoms with E-state index in [-0.39, 0.29) is 0 Å². The highest BCUT2D eigenvalue weighted by molar-refractivity contribution is 5.48. The molecule has 1 aliphatic rings. The van der Waals surface area contributed by atoms with Crippen LogP contribution in [-0.2, 0) is 0 Å². The van der Waals surface area contributed by atoms with Crippen LogP contribution in [0.25, 0.3) is 0 Å². The highest BCUT2D eigenvalue weighted by atomic mass is 15.2. The number of anilines is 1. The summed E-state index contributed by atoms with van der Waals surface area (Å²) in [5, 5.41) is 3.49. The van der Waals surface area contributed by atoms with Crippen LogP contribution in [0, 0.1) is 11.8 Å². The first-order chi connectivity index (χ1) is 9.13. The van der Waals surface area contributed by atoms with E-state index in [0.717, 1.165) is 31.5 Å². The largest absolute Gasteiger partial charge is 0.356 e. The highest BCUT2D eigenvalue weighted by Gasteiger charge is 2.25. The molecule has 1 N–H and O–H groups in total. The molecule has 1 aromatic rings. The number of piperidine rings is 1. The Morgan fingerprint density at radius 1 is 1.42 bits per heavy atom. The van der Waals surface area contributed by atoms with Crippen LogP contribution in [0.1, 0.15) is 45.7 Å². The van der Waals surface area contributed by atoms with Crippen molar-refractivity contribution >= 4 is 5.82 Å². The van der Waals surface area contributed by atoms with E-state index in [1.807, 2.05) is 12.3 Å². The van der Waals surface area contributed by atoms with Crippen molar-refractivity contribution in [2.75, 3.05) is 24.5 Å². The standard InChI is InChI=1S/C16H27N3/c1-5-17-14(4)15-7-6-9-18-16(15)19-10-8-12(2)13(3)11-19/h6-7,9,12-14,17H,5,8,10-11H2,1-4H3. The van der Waals surface area contributed by atoms with Crippen molar-refractivity contribution in [3.05, 3.63) is 23.9 Å². The van der Waals surface area contributed by atoms with Gasteiger partial charge in [0.15, 0.2) is 0 Å². The lowest BCUT2D eigenvalue weighted by molar-refractivity contribution is 0.322.